The molecular formula is C8H8BrN3O2. The number of amides is 2. The zero-order chi connectivity index (χ0) is 10.6. The lowest BCUT2D eigenvalue weighted by molar-refractivity contribution is 0.221. The molecule has 0 aliphatic carbocycles. The zero-order valence-corrected chi connectivity index (χ0v) is 9.01. The van der Waals surface area contributed by atoms with Crippen LogP contribution < -0.4 is 3.93 Å². The molecule has 0 atom stereocenters. The molecule has 0 aromatic heterocycles. The van der Waals surface area contributed by atoms with E-state index in [-0.39, 0.29) is 0 Å². The average Bonchev–Trinajstić information content (AvgIpc) is 2.27. The Morgan fingerprint density at radius 1 is 1.36 bits per heavy atom. The van der Waals surface area contributed by atoms with Gasteiger partial charge in [-0.25, -0.2) is 8.72 Å². The van der Waals surface area contributed by atoms with Gasteiger partial charge < -0.3 is 0 Å². The number of nitroso groups, excluding NO2 is 1. The van der Waals surface area contributed by atoms with Gasteiger partial charge in [-0.1, -0.05) is 18.2 Å². The first kappa shape index (κ1) is 10.6. The van der Waals surface area contributed by atoms with E-state index in [0.29, 0.717) is 10.7 Å². The standard InChI is InChI=1S/C8H8BrN3O2/c1-11(10-14)8(13)12(9)7-5-3-2-4-6-7/h2-6H,1H3. The van der Waals surface area contributed by atoms with E-state index >= 15 is 0 Å². The topological polar surface area (TPSA) is 53.0 Å². The number of anilines is 1. The molecule has 0 aliphatic heterocycles. The molecule has 0 heterocycles. The fourth-order valence-electron chi connectivity index (χ4n) is 0.831. The van der Waals surface area contributed by atoms with E-state index in [1.807, 2.05) is 6.07 Å². The van der Waals surface area contributed by atoms with Gasteiger partial charge in [0.05, 0.1) is 27.1 Å². The van der Waals surface area contributed by atoms with Crippen molar-refractivity contribution in [1.82, 2.24) is 5.01 Å². The van der Waals surface area contributed by atoms with Gasteiger partial charge in [0.25, 0.3) is 0 Å². The van der Waals surface area contributed by atoms with E-state index in [0.717, 1.165) is 3.93 Å². The Kier molecular flexibility index (Phi) is 3.58. The van der Waals surface area contributed by atoms with Crippen LogP contribution in [0.5, 0.6) is 0 Å². The van der Waals surface area contributed by atoms with Crippen LogP contribution in [0.15, 0.2) is 35.6 Å². The Balaban J connectivity index is 2.80. The molecule has 14 heavy (non-hydrogen) atoms. The lowest BCUT2D eigenvalue weighted by atomic mass is 10.3. The summed E-state index contributed by atoms with van der Waals surface area (Å²) in [6, 6.07) is 8.30. The normalized spacial score (nSPS) is 9.29. The van der Waals surface area contributed by atoms with Gasteiger partial charge in [-0.3, -0.25) is 0 Å². The van der Waals surface area contributed by atoms with Crippen molar-refractivity contribution in [1.29, 1.82) is 0 Å². The van der Waals surface area contributed by atoms with Crippen LogP contribution in [0.2, 0.25) is 0 Å². The summed E-state index contributed by atoms with van der Waals surface area (Å²) in [6.45, 7) is 0. The molecule has 0 N–H and O–H groups in total. The van der Waals surface area contributed by atoms with Crippen molar-refractivity contribution in [3.63, 3.8) is 0 Å². The van der Waals surface area contributed by atoms with Gasteiger partial charge in [0.1, 0.15) is 0 Å². The van der Waals surface area contributed by atoms with Gasteiger partial charge in [0.2, 0.25) is 0 Å². The fraction of sp³-hybridized carbons (Fsp3) is 0.125. The van der Waals surface area contributed by atoms with Crippen molar-refractivity contribution >= 4 is 27.9 Å². The second-order valence-corrected chi connectivity index (χ2v) is 3.21. The summed E-state index contributed by atoms with van der Waals surface area (Å²) in [4.78, 5) is 21.5. The number of carbonyl (C=O) groups is 1. The molecule has 1 rings (SSSR count). The molecule has 5 nitrogen and oxygen atoms in total. The predicted molar refractivity (Wildman–Crippen MR) is 56.8 cm³/mol. The Morgan fingerprint density at radius 2 is 1.93 bits per heavy atom. The van der Waals surface area contributed by atoms with Crippen LogP contribution in [-0.4, -0.2) is 18.1 Å². The number of hydrogen-bond donors (Lipinski definition) is 0. The van der Waals surface area contributed by atoms with E-state index in [1.54, 1.807) is 24.3 Å². The minimum Gasteiger partial charge on any atom is -0.245 e. The Bertz CT molecular complexity index is 331. The van der Waals surface area contributed by atoms with Gasteiger partial charge in [-0.2, -0.15) is 5.01 Å². The molecule has 74 valence electrons. The van der Waals surface area contributed by atoms with Crippen molar-refractivity contribution in [3.8, 4) is 0 Å². The molecule has 1 aromatic carbocycles. The second kappa shape index (κ2) is 4.71. The third-order valence-electron chi connectivity index (χ3n) is 1.55. The number of benzene rings is 1. The van der Waals surface area contributed by atoms with E-state index in [2.05, 4.69) is 21.4 Å². The zero-order valence-electron chi connectivity index (χ0n) is 7.42. The molecule has 2 amide bonds. The van der Waals surface area contributed by atoms with Crippen LogP contribution in [-0.2, 0) is 0 Å². The highest BCUT2D eigenvalue weighted by Crippen LogP contribution is 2.18. The van der Waals surface area contributed by atoms with Gasteiger partial charge in [0.15, 0.2) is 0 Å². The maximum Gasteiger partial charge on any atom is 0.357 e. The summed E-state index contributed by atoms with van der Waals surface area (Å²) in [6.07, 6.45) is 0. The molecule has 0 saturated heterocycles. The monoisotopic (exact) mass is 257 g/mol. The summed E-state index contributed by atoms with van der Waals surface area (Å²) < 4.78 is 1.16. The predicted octanol–water partition coefficient (Wildman–Crippen LogP) is 2.54. The SMILES string of the molecule is CN(N=O)C(=O)N(Br)c1ccccc1. The molecule has 0 fully saturated rings. The second-order valence-electron chi connectivity index (χ2n) is 2.50. The maximum atomic E-state index is 11.4. The first-order chi connectivity index (χ1) is 6.66. The smallest absolute Gasteiger partial charge is 0.245 e. The van der Waals surface area contributed by atoms with Gasteiger partial charge in [0, 0.05) is 7.05 Å². The summed E-state index contributed by atoms with van der Waals surface area (Å²) in [5.74, 6) is 0. The van der Waals surface area contributed by atoms with E-state index in [9.17, 15) is 9.70 Å². The first-order valence-electron chi connectivity index (χ1n) is 3.78. The number of urea groups is 1. The van der Waals surface area contributed by atoms with Crippen molar-refractivity contribution in [2.45, 2.75) is 0 Å². The highest BCUT2D eigenvalue weighted by Gasteiger charge is 2.17. The van der Waals surface area contributed by atoms with Crippen LogP contribution in [0.1, 0.15) is 0 Å². The fourth-order valence-corrected chi connectivity index (χ4v) is 1.30. The summed E-state index contributed by atoms with van der Waals surface area (Å²) in [5, 5.41) is 3.19. The molecule has 0 spiro atoms. The van der Waals surface area contributed by atoms with Gasteiger partial charge in [-0.15, -0.1) is 4.91 Å². The largest absolute Gasteiger partial charge is 0.357 e. The Morgan fingerprint density at radius 3 is 2.43 bits per heavy atom. The summed E-state index contributed by atoms with van der Waals surface area (Å²) >= 11 is 3.04. The molecule has 0 saturated carbocycles. The van der Waals surface area contributed by atoms with Crippen molar-refractivity contribution in [3.05, 3.63) is 35.2 Å². The number of para-hydroxylation sites is 1. The number of hydrogen-bond acceptors (Lipinski definition) is 3. The van der Waals surface area contributed by atoms with Gasteiger partial charge >= 0.3 is 6.03 Å². The third kappa shape index (κ3) is 2.29. The molecule has 0 bridgehead atoms. The Labute approximate surface area is 89.6 Å². The van der Waals surface area contributed by atoms with Crippen LogP contribution in [0, 0.1) is 4.91 Å². The Hall–Kier alpha value is -1.43. The van der Waals surface area contributed by atoms with Crippen molar-refractivity contribution in [2.24, 2.45) is 5.29 Å². The number of rotatable bonds is 2. The highest BCUT2D eigenvalue weighted by molar-refractivity contribution is 9.10. The highest BCUT2D eigenvalue weighted by atomic mass is 79.9. The third-order valence-corrected chi connectivity index (χ3v) is 2.26. The quantitative estimate of drug-likeness (QED) is 0.465. The van der Waals surface area contributed by atoms with E-state index in [4.69, 9.17) is 0 Å². The molecule has 6 heteroatoms. The van der Waals surface area contributed by atoms with Crippen molar-refractivity contribution in [2.75, 3.05) is 11.0 Å². The average molecular weight is 258 g/mol. The minimum absolute atomic E-state index is 0.550. The van der Waals surface area contributed by atoms with Crippen LogP contribution >= 0.6 is 16.1 Å². The molecular weight excluding hydrogens is 250 g/mol. The molecule has 0 radical (unpaired) electrons. The first-order valence-corrected chi connectivity index (χ1v) is 4.49. The van der Waals surface area contributed by atoms with Crippen LogP contribution in [0.3, 0.4) is 0 Å². The van der Waals surface area contributed by atoms with Crippen LogP contribution in [0.25, 0.3) is 0 Å². The van der Waals surface area contributed by atoms with E-state index < -0.39 is 6.03 Å². The van der Waals surface area contributed by atoms with Gasteiger partial charge in [-0.05, 0) is 12.1 Å². The molecule has 0 aliphatic rings. The lowest BCUT2D eigenvalue weighted by Gasteiger charge is -2.16. The number of halogens is 1. The molecule has 1 aromatic rings. The van der Waals surface area contributed by atoms with Crippen LogP contribution in [0.4, 0.5) is 10.5 Å². The maximum absolute atomic E-state index is 11.4. The minimum atomic E-state index is -0.550. The molecule has 0 unspecified atom stereocenters. The number of carbonyl (C=O) groups excluding carboxylic acids is 1. The van der Waals surface area contributed by atoms with Crippen molar-refractivity contribution < 1.29 is 4.79 Å². The van der Waals surface area contributed by atoms with E-state index in [1.165, 1.54) is 7.05 Å². The lowest BCUT2D eigenvalue weighted by Crippen LogP contribution is -2.31. The summed E-state index contributed by atoms with van der Waals surface area (Å²) in [5.41, 5.74) is 0.632. The number of nitrogens with zero attached hydrogens (tertiary/aromatic N) is 3. The summed E-state index contributed by atoms with van der Waals surface area (Å²) in [7, 11) is 1.28.